The van der Waals surface area contributed by atoms with Crippen molar-refractivity contribution in [2.45, 2.75) is 64.4 Å². The van der Waals surface area contributed by atoms with Gasteiger partial charge in [-0.25, -0.2) is 4.79 Å². The van der Waals surface area contributed by atoms with Crippen molar-refractivity contribution in [1.29, 1.82) is 0 Å². The number of benzene rings is 2. The Labute approximate surface area is 177 Å². The number of aliphatic hydroxyl groups is 1. The summed E-state index contributed by atoms with van der Waals surface area (Å²) in [4.78, 5) is 14.2. The van der Waals surface area contributed by atoms with Crippen molar-refractivity contribution in [3.63, 3.8) is 0 Å². The number of aryl methyl sites for hydroxylation is 2. The third-order valence-corrected chi connectivity index (χ3v) is 5.21. The molecule has 2 aliphatic rings. The van der Waals surface area contributed by atoms with Gasteiger partial charge in [0.25, 0.3) is 0 Å². The number of amides is 1. The molecule has 2 N–H and O–H groups in total. The quantitative estimate of drug-likeness (QED) is 0.743. The Hall–Kier alpha value is -2.57. The monoisotopic (exact) mass is 410 g/mol. The average Bonchev–Trinajstić information content (AvgIpc) is 3.50. The van der Waals surface area contributed by atoms with Gasteiger partial charge in [0.05, 0.1) is 12.7 Å². The van der Waals surface area contributed by atoms with Gasteiger partial charge in [0.1, 0.15) is 5.60 Å². The lowest BCUT2D eigenvalue weighted by atomic mass is 10.0. The van der Waals surface area contributed by atoms with Crippen LogP contribution in [-0.2, 0) is 22.3 Å². The second kappa shape index (κ2) is 8.28. The van der Waals surface area contributed by atoms with E-state index in [2.05, 4.69) is 11.4 Å². The number of carbonyl (C=O) groups excluding carboxylic acids is 1. The lowest BCUT2D eigenvalue weighted by Gasteiger charge is -2.32. The molecular formula is C24H30N2O4. The number of carbonyl (C=O) groups is 1. The van der Waals surface area contributed by atoms with Crippen LogP contribution in [0.5, 0.6) is 0 Å². The standard InChI is InChI=1S/C24H30N2O4/c1-24(2,3)30-23(28)25-18-11-10-17-9-8-16-6-4-5-7-20(16)26(21(17)14-18)22(27)15-29-19-12-13-19/h4-7,10-11,14,19,22,27H,8-9,12-13,15H2,1-3H3,(H,25,28). The van der Waals surface area contributed by atoms with Crippen LogP contribution >= 0.6 is 0 Å². The van der Waals surface area contributed by atoms with Gasteiger partial charge in [0.15, 0.2) is 6.23 Å². The second-order valence-corrected chi connectivity index (χ2v) is 8.98. The fourth-order valence-electron chi connectivity index (χ4n) is 3.71. The summed E-state index contributed by atoms with van der Waals surface area (Å²) in [5, 5.41) is 13.9. The van der Waals surface area contributed by atoms with E-state index in [4.69, 9.17) is 9.47 Å². The zero-order chi connectivity index (χ0) is 21.3. The molecule has 0 radical (unpaired) electrons. The summed E-state index contributed by atoms with van der Waals surface area (Å²) in [6.07, 6.45) is 2.80. The lowest BCUT2D eigenvalue weighted by Crippen LogP contribution is -2.36. The Morgan fingerprint density at radius 1 is 1.13 bits per heavy atom. The largest absolute Gasteiger partial charge is 0.444 e. The highest BCUT2D eigenvalue weighted by molar-refractivity contribution is 5.87. The summed E-state index contributed by atoms with van der Waals surface area (Å²) in [5.74, 6) is 0. The molecule has 1 fully saturated rings. The van der Waals surface area contributed by atoms with E-state index in [1.54, 1.807) is 0 Å². The van der Waals surface area contributed by atoms with E-state index in [1.165, 1.54) is 5.56 Å². The minimum absolute atomic E-state index is 0.238. The molecule has 0 aromatic heterocycles. The third kappa shape index (κ3) is 4.94. The average molecular weight is 411 g/mol. The molecule has 2 aromatic carbocycles. The van der Waals surface area contributed by atoms with Crippen LogP contribution in [0.25, 0.3) is 0 Å². The SMILES string of the molecule is CC(C)(C)OC(=O)Nc1ccc2c(c1)N(C(O)COC1CC1)c1ccccc1CC2. The van der Waals surface area contributed by atoms with Gasteiger partial charge in [-0.15, -0.1) is 0 Å². The Morgan fingerprint density at radius 2 is 1.83 bits per heavy atom. The Kier molecular flexibility index (Phi) is 5.71. The molecule has 160 valence electrons. The molecule has 4 rings (SSSR count). The van der Waals surface area contributed by atoms with Gasteiger partial charge in [-0.05, 0) is 75.8 Å². The normalized spacial score (nSPS) is 16.9. The fourth-order valence-corrected chi connectivity index (χ4v) is 3.71. The Morgan fingerprint density at radius 3 is 2.53 bits per heavy atom. The molecule has 0 bridgehead atoms. The summed E-state index contributed by atoms with van der Waals surface area (Å²) in [7, 11) is 0. The first kappa shape index (κ1) is 20.7. The number of nitrogens with zero attached hydrogens (tertiary/aromatic N) is 1. The van der Waals surface area contributed by atoms with Crippen molar-refractivity contribution in [3.8, 4) is 0 Å². The van der Waals surface area contributed by atoms with Gasteiger partial charge < -0.3 is 19.5 Å². The van der Waals surface area contributed by atoms with Gasteiger partial charge in [-0.2, -0.15) is 0 Å². The van der Waals surface area contributed by atoms with Gasteiger partial charge >= 0.3 is 6.09 Å². The van der Waals surface area contributed by atoms with Crippen molar-refractivity contribution in [2.75, 3.05) is 16.8 Å². The van der Waals surface area contributed by atoms with Gasteiger partial charge in [-0.1, -0.05) is 24.3 Å². The predicted octanol–water partition coefficient (Wildman–Crippen LogP) is 4.77. The second-order valence-electron chi connectivity index (χ2n) is 8.98. The first-order chi connectivity index (χ1) is 14.3. The van der Waals surface area contributed by atoms with Crippen LogP contribution in [0.4, 0.5) is 21.9 Å². The lowest BCUT2D eigenvalue weighted by molar-refractivity contribution is 0.0314. The summed E-state index contributed by atoms with van der Waals surface area (Å²) in [5.41, 5.74) is 4.20. The first-order valence-corrected chi connectivity index (χ1v) is 10.6. The molecule has 0 saturated heterocycles. The number of nitrogens with one attached hydrogen (secondary N) is 1. The molecule has 30 heavy (non-hydrogen) atoms. The number of fused-ring (bicyclic) bond motifs is 2. The number of para-hydroxylation sites is 1. The highest BCUT2D eigenvalue weighted by Gasteiger charge is 2.29. The van der Waals surface area contributed by atoms with E-state index < -0.39 is 17.9 Å². The first-order valence-electron chi connectivity index (χ1n) is 10.6. The van der Waals surface area contributed by atoms with Crippen LogP contribution in [-0.4, -0.2) is 35.7 Å². The summed E-state index contributed by atoms with van der Waals surface area (Å²) in [6, 6.07) is 13.9. The summed E-state index contributed by atoms with van der Waals surface area (Å²) < 4.78 is 11.2. The number of rotatable bonds is 5. The van der Waals surface area contributed by atoms with Crippen molar-refractivity contribution in [1.82, 2.24) is 0 Å². The van der Waals surface area contributed by atoms with Gasteiger partial charge in [0.2, 0.25) is 0 Å². The van der Waals surface area contributed by atoms with Crippen LogP contribution in [0.3, 0.4) is 0 Å². The van der Waals surface area contributed by atoms with E-state index in [0.29, 0.717) is 5.69 Å². The van der Waals surface area contributed by atoms with E-state index in [9.17, 15) is 9.90 Å². The zero-order valence-corrected chi connectivity index (χ0v) is 17.9. The number of hydrogen-bond acceptors (Lipinski definition) is 5. The van der Waals surface area contributed by atoms with Crippen molar-refractivity contribution >= 4 is 23.2 Å². The number of ether oxygens (including phenoxy) is 2. The van der Waals surface area contributed by atoms with E-state index in [-0.39, 0.29) is 12.7 Å². The van der Waals surface area contributed by atoms with Crippen molar-refractivity contribution in [2.24, 2.45) is 0 Å². The van der Waals surface area contributed by atoms with Crippen LogP contribution in [0, 0.1) is 0 Å². The number of aliphatic hydroxyl groups excluding tert-OH is 1. The van der Waals surface area contributed by atoms with Gasteiger partial charge in [0, 0.05) is 17.1 Å². The van der Waals surface area contributed by atoms with Crippen LogP contribution in [0.15, 0.2) is 42.5 Å². The smallest absolute Gasteiger partial charge is 0.412 e. The Balaban J connectivity index is 1.65. The maximum Gasteiger partial charge on any atom is 0.412 e. The molecule has 1 heterocycles. The molecular weight excluding hydrogens is 380 g/mol. The van der Waals surface area contributed by atoms with Gasteiger partial charge in [-0.3, -0.25) is 5.32 Å². The molecule has 1 aliphatic carbocycles. The van der Waals surface area contributed by atoms with E-state index in [1.807, 2.05) is 62.1 Å². The molecule has 1 amide bonds. The van der Waals surface area contributed by atoms with Crippen LogP contribution in [0.2, 0.25) is 0 Å². The Bertz CT molecular complexity index is 918. The van der Waals surface area contributed by atoms with Crippen LogP contribution < -0.4 is 10.2 Å². The molecule has 2 aromatic rings. The molecule has 0 spiro atoms. The summed E-state index contributed by atoms with van der Waals surface area (Å²) >= 11 is 0. The maximum atomic E-state index is 12.2. The molecule has 1 unspecified atom stereocenters. The topological polar surface area (TPSA) is 71.0 Å². The highest BCUT2D eigenvalue weighted by atomic mass is 16.6. The molecule has 6 nitrogen and oxygen atoms in total. The molecule has 1 atom stereocenters. The fraction of sp³-hybridized carbons (Fsp3) is 0.458. The van der Waals surface area contributed by atoms with Crippen LogP contribution in [0.1, 0.15) is 44.7 Å². The van der Waals surface area contributed by atoms with E-state index >= 15 is 0 Å². The maximum absolute atomic E-state index is 12.2. The zero-order valence-electron chi connectivity index (χ0n) is 17.9. The minimum atomic E-state index is -0.819. The van der Waals surface area contributed by atoms with Crippen molar-refractivity contribution < 1.29 is 19.4 Å². The number of anilines is 3. The highest BCUT2D eigenvalue weighted by Crippen LogP contribution is 2.39. The third-order valence-electron chi connectivity index (χ3n) is 5.21. The van der Waals surface area contributed by atoms with Crippen molar-refractivity contribution in [3.05, 3.63) is 53.6 Å². The molecule has 1 aliphatic heterocycles. The molecule has 6 heteroatoms. The minimum Gasteiger partial charge on any atom is -0.444 e. The summed E-state index contributed by atoms with van der Waals surface area (Å²) in [6.45, 7) is 5.73. The van der Waals surface area contributed by atoms with E-state index in [0.717, 1.165) is 42.6 Å². The molecule has 1 saturated carbocycles. The predicted molar refractivity (Wildman–Crippen MR) is 117 cm³/mol. The number of hydrogen-bond donors (Lipinski definition) is 2.